The van der Waals surface area contributed by atoms with Gasteiger partial charge >= 0.3 is 0 Å². The molecule has 1 saturated carbocycles. The Morgan fingerprint density at radius 2 is 2.00 bits per heavy atom. The fourth-order valence-corrected chi connectivity index (χ4v) is 4.86. The number of fused-ring (bicyclic) bond motifs is 1. The second kappa shape index (κ2) is 9.67. The third kappa shape index (κ3) is 4.73. The molecule has 5 rings (SSSR count). The maximum atomic E-state index is 14.3. The number of hydrogen-bond donors (Lipinski definition) is 1. The molecule has 3 aromatic rings. The van der Waals surface area contributed by atoms with Gasteiger partial charge in [-0.3, -0.25) is 19.7 Å². The van der Waals surface area contributed by atoms with E-state index in [1.807, 2.05) is 24.3 Å². The Bertz CT molecular complexity index is 1120. The lowest BCUT2D eigenvalue weighted by atomic mass is 9.99. The molecule has 1 aromatic heterocycles. The molecule has 7 heteroatoms. The zero-order valence-electron chi connectivity index (χ0n) is 18.4. The summed E-state index contributed by atoms with van der Waals surface area (Å²) < 4.78 is 20.2. The van der Waals surface area contributed by atoms with Crippen molar-refractivity contribution >= 4 is 5.91 Å². The summed E-state index contributed by atoms with van der Waals surface area (Å²) in [6.07, 6.45) is 9.27. The minimum absolute atomic E-state index is 0.101. The van der Waals surface area contributed by atoms with Crippen molar-refractivity contribution in [2.75, 3.05) is 13.2 Å². The SMILES string of the molecule is O=C(NC1CCCC1)C1c2cc(F)ccc2OCCN1Cc1ccccc1-c1cnccn1. The predicted octanol–water partition coefficient (Wildman–Crippen LogP) is 4.28. The van der Waals surface area contributed by atoms with Crippen molar-refractivity contribution in [2.45, 2.75) is 44.3 Å². The quantitative estimate of drug-likeness (QED) is 0.634. The number of carbonyl (C=O) groups is 1. The third-order valence-electron chi connectivity index (χ3n) is 6.45. The summed E-state index contributed by atoms with van der Waals surface area (Å²) in [6, 6.07) is 11.9. The largest absolute Gasteiger partial charge is 0.492 e. The molecule has 2 heterocycles. The normalized spacial score (nSPS) is 18.9. The summed E-state index contributed by atoms with van der Waals surface area (Å²) in [5.74, 6) is 0.0849. The topological polar surface area (TPSA) is 67.3 Å². The highest BCUT2D eigenvalue weighted by Gasteiger charge is 2.34. The smallest absolute Gasteiger partial charge is 0.242 e. The maximum Gasteiger partial charge on any atom is 0.242 e. The second-order valence-electron chi connectivity index (χ2n) is 8.64. The van der Waals surface area contributed by atoms with Gasteiger partial charge in [-0.1, -0.05) is 37.1 Å². The summed E-state index contributed by atoms with van der Waals surface area (Å²) in [6.45, 7) is 1.45. The van der Waals surface area contributed by atoms with E-state index in [-0.39, 0.29) is 17.8 Å². The van der Waals surface area contributed by atoms with Crippen LogP contribution < -0.4 is 10.1 Å². The van der Waals surface area contributed by atoms with Crippen LogP contribution in [0, 0.1) is 5.82 Å². The van der Waals surface area contributed by atoms with Gasteiger partial charge in [0.25, 0.3) is 0 Å². The molecule has 6 nitrogen and oxygen atoms in total. The number of carbonyl (C=O) groups excluding carboxylic acids is 1. The molecule has 1 N–H and O–H groups in total. The van der Waals surface area contributed by atoms with E-state index in [0.717, 1.165) is 42.5 Å². The first-order valence-electron chi connectivity index (χ1n) is 11.5. The van der Waals surface area contributed by atoms with Gasteiger partial charge in [-0.2, -0.15) is 0 Å². The predicted molar refractivity (Wildman–Crippen MR) is 123 cm³/mol. The van der Waals surface area contributed by atoms with E-state index < -0.39 is 6.04 Å². The molecule has 33 heavy (non-hydrogen) atoms. The Hall–Kier alpha value is -3.32. The van der Waals surface area contributed by atoms with E-state index in [0.29, 0.717) is 31.0 Å². The fraction of sp³-hybridized carbons (Fsp3) is 0.346. The van der Waals surface area contributed by atoms with E-state index in [4.69, 9.17) is 4.74 Å². The summed E-state index contributed by atoms with van der Waals surface area (Å²) in [5.41, 5.74) is 3.33. The van der Waals surface area contributed by atoms with Crippen LogP contribution in [0.4, 0.5) is 4.39 Å². The van der Waals surface area contributed by atoms with Crippen LogP contribution in [0.15, 0.2) is 61.1 Å². The Kier molecular flexibility index (Phi) is 6.30. The molecule has 1 unspecified atom stereocenters. The van der Waals surface area contributed by atoms with Crippen LogP contribution in [-0.4, -0.2) is 40.0 Å². The molecule has 0 radical (unpaired) electrons. The van der Waals surface area contributed by atoms with Gasteiger partial charge in [-0.15, -0.1) is 0 Å². The molecule has 1 fully saturated rings. The molecule has 0 bridgehead atoms. The Balaban J connectivity index is 1.51. The van der Waals surface area contributed by atoms with Crippen LogP contribution in [0.25, 0.3) is 11.3 Å². The van der Waals surface area contributed by atoms with Crippen LogP contribution in [0.3, 0.4) is 0 Å². The zero-order chi connectivity index (χ0) is 22.6. The van der Waals surface area contributed by atoms with Crippen LogP contribution in [0.5, 0.6) is 5.75 Å². The van der Waals surface area contributed by atoms with Crippen LogP contribution in [-0.2, 0) is 11.3 Å². The first kappa shape index (κ1) is 21.5. The van der Waals surface area contributed by atoms with Gasteiger partial charge in [0.05, 0.1) is 11.9 Å². The first-order valence-corrected chi connectivity index (χ1v) is 11.5. The van der Waals surface area contributed by atoms with E-state index >= 15 is 0 Å². The van der Waals surface area contributed by atoms with Crippen molar-refractivity contribution in [1.82, 2.24) is 20.2 Å². The molecule has 170 valence electrons. The van der Waals surface area contributed by atoms with E-state index in [1.54, 1.807) is 24.7 Å². The zero-order valence-corrected chi connectivity index (χ0v) is 18.4. The third-order valence-corrected chi connectivity index (χ3v) is 6.45. The van der Waals surface area contributed by atoms with Crippen LogP contribution in [0.1, 0.15) is 42.9 Å². The number of rotatable bonds is 5. The van der Waals surface area contributed by atoms with Crippen LogP contribution >= 0.6 is 0 Å². The maximum absolute atomic E-state index is 14.3. The van der Waals surface area contributed by atoms with Crippen molar-refractivity contribution in [3.05, 3.63) is 78.0 Å². The number of amides is 1. The average Bonchev–Trinajstić information content (AvgIpc) is 3.27. The molecule has 1 atom stereocenters. The van der Waals surface area contributed by atoms with Crippen molar-refractivity contribution in [1.29, 1.82) is 0 Å². The van der Waals surface area contributed by atoms with Crippen molar-refractivity contribution < 1.29 is 13.9 Å². The van der Waals surface area contributed by atoms with Gasteiger partial charge in [-0.05, 0) is 36.6 Å². The van der Waals surface area contributed by atoms with Crippen molar-refractivity contribution in [3.63, 3.8) is 0 Å². The lowest BCUT2D eigenvalue weighted by molar-refractivity contribution is -0.127. The highest BCUT2D eigenvalue weighted by molar-refractivity contribution is 5.84. The standard InChI is InChI=1S/C26H27FN4O2/c27-19-9-10-24-22(15-19)25(26(32)30-20-6-2-3-7-20)31(13-14-33-24)17-18-5-1-4-8-21(18)23-16-28-11-12-29-23/h1,4-5,8-12,15-16,20,25H,2-3,6-7,13-14,17H2,(H,30,32). The van der Waals surface area contributed by atoms with Crippen LogP contribution in [0.2, 0.25) is 0 Å². The molecule has 1 aliphatic carbocycles. The molecule has 1 aliphatic heterocycles. The molecule has 1 amide bonds. The van der Waals surface area contributed by atoms with Crippen molar-refractivity contribution in [2.24, 2.45) is 0 Å². The number of aromatic nitrogens is 2. The summed E-state index contributed by atoms with van der Waals surface area (Å²) in [5, 5.41) is 3.22. The Morgan fingerprint density at radius 3 is 2.82 bits per heavy atom. The van der Waals surface area contributed by atoms with E-state index in [2.05, 4.69) is 20.2 Å². The van der Waals surface area contributed by atoms with Gasteiger partial charge in [0.15, 0.2) is 0 Å². The number of nitrogens with zero attached hydrogens (tertiary/aromatic N) is 3. The van der Waals surface area contributed by atoms with E-state index in [1.165, 1.54) is 12.1 Å². The van der Waals surface area contributed by atoms with Crippen molar-refractivity contribution in [3.8, 4) is 17.0 Å². The summed E-state index contributed by atoms with van der Waals surface area (Å²) >= 11 is 0. The number of benzene rings is 2. The molecular weight excluding hydrogens is 419 g/mol. The number of ether oxygens (including phenoxy) is 1. The Labute approximate surface area is 192 Å². The minimum atomic E-state index is -0.645. The molecule has 0 spiro atoms. The van der Waals surface area contributed by atoms with Gasteiger partial charge in [0.2, 0.25) is 5.91 Å². The minimum Gasteiger partial charge on any atom is -0.492 e. The number of halogens is 1. The Morgan fingerprint density at radius 1 is 1.15 bits per heavy atom. The lowest BCUT2D eigenvalue weighted by Gasteiger charge is -2.30. The molecule has 2 aromatic carbocycles. The summed E-state index contributed by atoms with van der Waals surface area (Å²) in [4.78, 5) is 24.3. The number of hydrogen-bond acceptors (Lipinski definition) is 5. The van der Waals surface area contributed by atoms with Gasteiger partial charge in [0, 0.05) is 42.7 Å². The lowest BCUT2D eigenvalue weighted by Crippen LogP contribution is -2.44. The fourth-order valence-electron chi connectivity index (χ4n) is 4.86. The second-order valence-corrected chi connectivity index (χ2v) is 8.64. The first-order chi connectivity index (χ1) is 16.2. The van der Waals surface area contributed by atoms with E-state index in [9.17, 15) is 9.18 Å². The van der Waals surface area contributed by atoms with Gasteiger partial charge in [-0.25, -0.2) is 4.39 Å². The van der Waals surface area contributed by atoms with Gasteiger partial charge < -0.3 is 10.1 Å². The highest BCUT2D eigenvalue weighted by Crippen LogP contribution is 2.35. The highest BCUT2D eigenvalue weighted by atomic mass is 19.1. The summed E-state index contributed by atoms with van der Waals surface area (Å²) in [7, 11) is 0. The molecule has 0 saturated heterocycles. The molecule has 2 aliphatic rings. The van der Waals surface area contributed by atoms with Gasteiger partial charge in [0.1, 0.15) is 24.2 Å². The monoisotopic (exact) mass is 446 g/mol. The average molecular weight is 447 g/mol. The molecular formula is C26H27FN4O2. The number of nitrogens with one attached hydrogen (secondary N) is 1.